The third kappa shape index (κ3) is 3.09. The van der Waals surface area contributed by atoms with Crippen LogP contribution in [0.1, 0.15) is 22.8 Å². The summed E-state index contributed by atoms with van der Waals surface area (Å²) in [6.07, 6.45) is 0. The van der Waals surface area contributed by atoms with Gasteiger partial charge in [0, 0.05) is 0 Å². The van der Waals surface area contributed by atoms with Gasteiger partial charge >= 0.3 is 0 Å². The summed E-state index contributed by atoms with van der Waals surface area (Å²) in [6.45, 7) is 4.25. The van der Waals surface area contributed by atoms with Crippen LogP contribution in [0.5, 0.6) is 11.5 Å². The van der Waals surface area contributed by atoms with E-state index in [0.717, 1.165) is 5.56 Å². The van der Waals surface area contributed by atoms with E-state index in [1.54, 1.807) is 30.3 Å². The number of amides is 1. The second-order valence-electron chi connectivity index (χ2n) is 4.40. The number of para-hydroxylation sites is 2. The molecule has 0 unspecified atom stereocenters. The average Bonchev–Trinajstić information content (AvgIpc) is 2.41. The highest BCUT2D eigenvalue weighted by molar-refractivity contribution is 6.06. The first-order valence-corrected chi connectivity index (χ1v) is 6.44. The van der Waals surface area contributed by atoms with Gasteiger partial charge in [-0.05, 0) is 43.7 Å². The number of aromatic hydroxyl groups is 1. The molecule has 0 aromatic heterocycles. The quantitative estimate of drug-likeness (QED) is 0.896. The molecule has 0 atom stereocenters. The molecule has 4 nitrogen and oxygen atoms in total. The lowest BCUT2D eigenvalue weighted by atomic mass is 10.1. The molecule has 2 aromatic rings. The molecule has 4 heteroatoms. The fraction of sp³-hybridized carbons (Fsp3) is 0.188. The molecule has 0 heterocycles. The third-order valence-corrected chi connectivity index (χ3v) is 2.83. The molecular formula is C16H17NO3. The van der Waals surface area contributed by atoms with Gasteiger partial charge in [0.05, 0.1) is 17.9 Å². The SMILES string of the molecule is CCOc1ccccc1NC(=O)c1ccc(C)cc1O. The van der Waals surface area contributed by atoms with Gasteiger partial charge in [-0.25, -0.2) is 0 Å². The van der Waals surface area contributed by atoms with Gasteiger partial charge in [0.25, 0.3) is 5.91 Å². The van der Waals surface area contributed by atoms with E-state index < -0.39 is 0 Å². The summed E-state index contributed by atoms with van der Waals surface area (Å²) in [6, 6.07) is 12.1. The van der Waals surface area contributed by atoms with Gasteiger partial charge in [0.2, 0.25) is 0 Å². The molecule has 0 aliphatic heterocycles. The molecule has 0 fully saturated rings. The third-order valence-electron chi connectivity index (χ3n) is 2.83. The van der Waals surface area contributed by atoms with E-state index >= 15 is 0 Å². The smallest absolute Gasteiger partial charge is 0.259 e. The molecule has 1 amide bonds. The van der Waals surface area contributed by atoms with Crippen molar-refractivity contribution in [2.24, 2.45) is 0 Å². The van der Waals surface area contributed by atoms with Gasteiger partial charge in [-0.3, -0.25) is 4.79 Å². The van der Waals surface area contributed by atoms with Gasteiger partial charge < -0.3 is 15.2 Å². The first kappa shape index (κ1) is 13.9. The highest BCUT2D eigenvalue weighted by Gasteiger charge is 2.13. The zero-order valence-electron chi connectivity index (χ0n) is 11.5. The lowest BCUT2D eigenvalue weighted by molar-refractivity contribution is 0.102. The van der Waals surface area contributed by atoms with Crippen LogP contribution in [0.15, 0.2) is 42.5 Å². The van der Waals surface area contributed by atoms with Crippen LogP contribution in [-0.4, -0.2) is 17.6 Å². The van der Waals surface area contributed by atoms with Crippen molar-refractivity contribution < 1.29 is 14.6 Å². The van der Waals surface area contributed by atoms with Crippen LogP contribution in [0.4, 0.5) is 5.69 Å². The maximum absolute atomic E-state index is 12.2. The summed E-state index contributed by atoms with van der Waals surface area (Å²) in [5, 5.41) is 12.6. The fourth-order valence-corrected chi connectivity index (χ4v) is 1.87. The number of anilines is 1. The molecule has 20 heavy (non-hydrogen) atoms. The summed E-state index contributed by atoms with van der Waals surface area (Å²) < 4.78 is 5.45. The summed E-state index contributed by atoms with van der Waals surface area (Å²) in [5.74, 6) is 0.209. The van der Waals surface area contributed by atoms with Crippen molar-refractivity contribution in [3.8, 4) is 11.5 Å². The number of phenolic OH excluding ortho intramolecular Hbond substituents is 1. The van der Waals surface area contributed by atoms with Gasteiger partial charge in [-0.1, -0.05) is 18.2 Å². The molecule has 2 aromatic carbocycles. The molecule has 0 spiro atoms. The number of rotatable bonds is 4. The van der Waals surface area contributed by atoms with Crippen LogP contribution < -0.4 is 10.1 Å². The molecule has 0 saturated heterocycles. The van der Waals surface area contributed by atoms with E-state index in [0.29, 0.717) is 18.0 Å². The Balaban J connectivity index is 2.23. The Labute approximate surface area is 118 Å². The first-order valence-electron chi connectivity index (χ1n) is 6.44. The van der Waals surface area contributed by atoms with Crippen molar-refractivity contribution in [1.29, 1.82) is 0 Å². The number of hydrogen-bond acceptors (Lipinski definition) is 3. The van der Waals surface area contributed by atoms with Crippen LogP contribution in [0.3, 0.4) is 0 Å². The number of aryl methyl sites for hydroxylation is 1. The minimum absolute atomic E-state index is 0.0311. The van der Waals surface area contributed by atoms with Crippen LogP contribution in [0.25, 0.3) is 0 Å². The Morgan fingerprint density at radius 3 is 2.70 bits per heavy atom. The zero-order chi connectivity index (χ0) is 14.5. The van der Waals surface area contributed by atoms with E-state index in [-0.39, 0.29) is 17.2 Å². The minimum Gasteiger partial charge on any atom is -0.507 e. The Morgan fingerprint density at radius 1 is 1.25 bits per heavy atom. The Morgan fingerprint density at radius 2 is 2.00 bits per heavy atom. The molecule has 2 N–H and O–H groups in total. The summed E-state index contributed by atoms with van der Waals surface area (Å²) in [4.78, 5) is 12.2. The van der Waals surface area contributed by atoms with Gasteiger partial charge in [0.15, 0.2) is 0 Å². The van der Waals surface area contributed by atoms with Crippen LogP contribution in [0, 0.1) is 6.92 Å². The number of nitrogens with one attached hydrogen (secondary N) is 1. The molecule has 0 saturated carbocycles. The van der Waals surface area contributed by atoms with Crippen LogP contribution in [-0.2, 0) is 0 Å². The molecular weight excluding hydrogens is 254 g/mol. The molecule has 0 radical (unpaired) electrons. The molecule has 2 rings (SSSR count). The Bertz CT molecular complexity index is 623. The first-order chi connectivity index (χ1) is 9.61. The van der Waals surface area contributed by atoms with Crippen molar-refractivity contribution in [2.75, 3.05) is 11.9 Å². The summed E-state index contributed by atoms with van der Waals surface area (Å²) in [5.41, 5.74) is 1.72. The van der Waals surface area contributed by atoms with Gasteiger partial charge in [0.1, 0.15) is 11.5 Å². The second kappa shape index (κ2) is 6.10. The normalized spacial score (nSPS) is 10.1. The lowest BCUT2D eigenvalue weighted by Gasteiger charge is -2.12. The van der Waals surface area contributed by atoms with E-state index in [9.17, 15) is 9.90 Å². The largest absolute Gasteiger partial charge is 0.507 e. The summed E-state index contributed by atoms with van der Waals surface area (Å²) in [7, 11) is 0. The van der Waals surface area contributed by atoms with Gasteiger partial charge in [-0.15, -0.1) is 0 Å². The predicted octanol–water partition coefficient (Wildman–Crippen LogP) is 3.35. The van der Waals surface area contributed by atoms with Crippen LogP contribution in [0.2, 0.25) is 0 Å². The van der Waals surface area contributed by atoms with Crippen molar-refractivity contribution >= 4 is 11.6 Å². The van der Waals surface area contributed by atoms with E-state index in [1.807, 2.05) is 26.0 Å². The van der Waals surface area contributed by atoms with E-state index in [1.165, 1.54) is 0 Å². The minimum atomic E-state index is -0.366. The summed E-state index contributed by atoms with van der Waals surface area (Å²) >= 11 is 0. The fourth-order valence-electron chi connectivity index (χ4n) is 1.87. The van der Waals surface area contributed by atoms with Crippen molar-refractivity contribution in [3.05, 3.63) is 53.6 Å². The Hall–Kier alpha value is -2.49. The highest BCUT2D eigenvalue weighted by Crippen LogP contribution is 2.26. The number of hydrogen-bond donors (Lipinski definition) is 2. The maximum atomic E-state index is 12.2. The van der Waals surface area contributed by atoms with Crippen molar-refractivity contribution in [1.82, 2.24) is 0 Å². The van der Waals surface area contributed by atoms with E-state index in [2.05, 4.69) is 5.32 Å². The number of ether oxygens (including phenoxy) is 1. The molecule has 0 bridgehead atoms. The van der Waals surface area contributed by atoms with Crippen molar-refractivity contribution in [3.63, 3.8) is 0 Å². The standard InChI is InChI=1S/C16H17NO3/c1-3-20-15-7-5-4-6-13(15)17-16(19)12-9-8-11(2)10-14(12)18/h4-10,18H,3H2,1-2H3,(H,17,19). The number of phenols is 1. The predicted molar refractivity (Wildman–Crippen MR) is 78.4 cm³/mol. The Kier molecular flexibility index (Phi) is 4.25. The topological polar surface area (TPSA) is 58.6 Å². The van der Waals surface area contributed by atoms with E-state index in [4.69, 9.17) is 4.74 Å². The zero-order valence-corrected chi connectivity index (χ0v) is 11.5. The second-order valence-corrected chi connectivity index (χ2v) is 4.40. The number of carbonyl (C=O) groups is 1. The highest BCUT2D eigenvalue weighted by atomic mass is 16.5. The van der Waals surface area contributed by atoms with Gasteiger partial charge in [-0.2, -0.15) is 0 Å². The van der Waals surface area contributed by atoms with Crippen LogP contribution >= 0.6 is 0 Å². The molecule has 0 aliphatic rings. The average molecular weight is 271 g/mol. The number of carbonyl (C=O) groups excluding carboxylic acids is 1. The monoisotopic (exact) mass is 271 g/mol. The molecule has 104 valence electrons. The van der Waals surface area contributed by atoms with Crippen molar-refractivity contribution in [2.45, 2.75) is 13.8 Å². The number of benzene rings is 2. The maximum Gasteiger partial charge on any atom is 0.259 e. The lowest BCUT2D eigenvalue weighted by Crippen LogP contribution is -2.13. The molecule has 0 aliphatic carbocycles.